The fourth-order valence-corrected chi connectivity index (χ4v) is 67.4. The van der Waals surface area contributed by atoms with Gasteiger partial charge in [-0.3, -0.25) is 0 Å². The van der Waals surface area contributed by atoms with Gasteiger partial charge in [0.15, 0.2) is 16.6 Å². The van der Waals surface area contributed by atoms with Crippen molar-refractivity contribution in [2.45, 2.75) is 391 Å². The van der Waals surface area contributed by atoms with E-state index in [0.717, 1.165) is 119 Å². The maximum absolute atomic E-state index is 13.6. The predicted molar refractivity (Wildman–Crippen MR) is 624 cm³/mol. The Morgan fingerprint density at radius 2 is 0.589 bits per heavy atom. The van der Waals surface area contributed by atoms with Crippen LogP contribution in [0, 0.1) is 0 Å². The van der Waals surface area contributed by atoms with Gasteiger partial charge >= 0.3 is 132 Å². The van der Waals surface area contributed by atoms with Crippen LogP contribution in [0.1, 0.15) is 212 Å². The zero-order valence-corrected chi connectivity index (χ0v) is 110. The summed E-state index contributed by atoms with van der Waals surface area (Å²) in [7, 11) is -28.8. The molecule has 28 nitrogen and oxygen atoms in total. The minimum atomic E-state index is -2.90. The van der Waals surface area contributed by atoms with Crippen molar-refractivity contribution in [1.29, 1.82) is 0 Å². The quantitative estimate of drug-likeness (QED) is 0.0192. The third-order valence-corrected chi connectivity index (χ3v) is 73.5. The molecule has 1 heterocycles. The van der Waals surface area contributed by atoms with Gasteiger partial charge in [-0.2, -0.15) is 0 Å². The maximum Gasteiger partial charge on any atom is 0.365 e. The molecule has 0 N–H and O–H groups in total. The number of rotatable bonds is 79. The number of hydrogen-bond donors (Lipinski definition) is 0. The minimum absolute atomic E-state index is 0.107. The SMILES string of the molecule is C=C.C=C.C=C(C)C(=O)OC[Si](C)(OC)O[Si](C)(CCC)OCCCC.C=C(C)C(=O)OC[Si](C)(O[Si](C)(C)OCCCC)O[Si](C)(CCC)OCCCC.C=CCO[Si](C)(C=C)O[Si](C)(C)CCn1c(=O)n(CCCC)c(=O)n(CCC[Si](C)(C)O[Si](C)(CCC)OCC=C)c1=O.C=CCO[Si](C)(C=C)O[Si](C)(C=C)O[Si](C)(CCC)OCC=C.CCCCCCCC[Si](C)(OC)O[Si](C)(CCC)OC. The predicted octanol–water partition coefficient (Wildman–Crippen LogP) is 26.1. The number of aromatic nitrogens is 3. The summed E-state index contributed by atoms with van der Waals surface area (Å²) in [5, 5.41) is 0. The second kappa shape index (κ2) is 79.8. The van der Waals surface area contributed by atoms with E-state index in [2.05, 4.69) is 200 Å². The second-order valence-corrected chi connectivity index (χ2v) is 88.2. The van der Waals surface area contributed by atoms with Gasteiger partial charge in [0.2, 0.25) is 0 Å². The van der Waals surface area contributed by atoms with Crippen LogP contribution >= 0.6 is 0 Å². The lowest BCUT2D eigenvalue weighted by Gasteiger charge is -2.40. The molecule has 141 heavy (non-hydrogen) atoms. The lowest BCUT2D eigenvalue weighted by atomic mass is 10.1. The summed E-state index contributed by atoms with van der Waals surface area (Å²) in [6.07, 6.45) is 28.4. The van der Waals surface area contributed by atoms with E-state index in [0.29, 0.717) is 76.3 Å². The van der Waals surface area contributed by atoms with Gasteiger partial charge < -0.3 is 86.7 Å². The number of carbonyl (C=O) groups excluding carboxylic acids is 2. The molecule has 1 rings (SSSR count). The molecule has 1 aromatic heterocycles. The molecule has 11 atom stereocenters. The number of ether oxygens (including phenoxy) is 2. The maximum atomic E-state index is 13.6. The number of hydrogen-bond acceptors (Lipinski definition) is 25. The highest BCUT2D eigenvalue weighted by molar-refractivity contribution is 6.90. The summed E-state index contributed by atoms with van der Waals surface area (Å²) in [6, 6.07) is 6.94. The topological polar surface area (TPSA) is 285 Å². The fourth-order valence-electron chi connectivity index (χ4n) is 14.6. The average molecular weight is 2230 g/mol. The molecule has 0 saturated heterocycles. The smallest absolute Gasteiger partial charge is 0.365 e. The van der Waals surface area contributed by atoms with E-state index in [9.17, 15) is 24.0 Å². The van der Waals surface area contributed by atoms with Crippen LogP contribution in [0.2, 0.25) is 160 Å². The van der Waals surface area contributed by atoms with Gasteiger partial charge in [0.25, 0.3) is 0 Å². The molecule has 11 unspecified atom stereocenters. The van der Waals surface area contributed by atoms with Gasteiger partial charge in [-0.1, -0.05) is 220 Å². The highest BCUT2D eigenvalue weighted by atomic mass is 28.5. The molecule has 0 aliphatic carbocycles. The lowest BCUT2D eigenvalue weighted by Crippen LogP contribution is -2.60. The first kappa shape index (κ1) is 148. The number of unbranched alkanes of at least 4 members (excludes halogenated alkanes) is 9. The molecule has 0 bridgehead atoms. The standard InChI is InChI=1S/C29H57N3O7Si4.C20H44O6Si3.C16H32O4Si3.C15H32O5Si2.C15H36O3Si2.2C2H4/c1-12-17-19-30-27(33)31(20-18-25-40(6,7)39-43(11,24-15-4)37-23-14-3)29(35)32(28(30)34)21-26-41(8,9)38-42(10,16-5)36-22-13-2;1-10-13-15-23-27(6,7)25-29(9,18-22-20(21)19(4)5)26-28(8,17-12-3)24-16-14-11-2;1-9-14-17-21(6,12-4)19-22(7,13-5)20-23(8,16-11-3)18-15-10-2;1-8-10-11-19-21(6,12-9-2)20-22(7,17-5)13-18-15(16)14(3)4;1-7-9-10-11-12-13-15-20(6,17-4)18-19(5,16-3)14-8-2;2*1-2/h13-14,16H,2-3,5,12,15,17-26H2,1,4,6-11H3;4,10-18H2,1-3,5-9H3;9-10,12-13H,1-2,4-5,11,14-16H2,3,6-8H3;3,8-13H2,1-2,4-7H3;7-15H2,1-6H3;2*1-2H2. The van der Waals surface area contributed by atoms with Crippen LogP contribution in [-0.4, -0.2) is 225 Å². The molecule has 0 aliphatic rings. The zero-order valence-electron chi connectivity index (χ0n) is 95.6. The van der Waals surface area contributed by atoms with Crippen molar-refractivity contribution in [2.75, 3.05) is 80.0 Å². The van der Waals surface area contributed by atoms with Crippen molar-refractivity contribution in [3.05, 3.63) is 170 Å². The fraction of sp³-hybridized carbons (Fsp3) is 0.727. The Bertz CT molecular complexity index is 3820. The monoisotopic (exact) mass is 2230 g/mol. The summed E-state index contributed by atoms with van der Waals surface area (Å²) >= 11 is 0. The van der Waals surface area contributed by atoms with E-state index in [1.807, 2.05) is 65.8 Å². The molecule has 42 heteroatoms. The van der Waals surface area contributed by atoms with E-state index in [4.69, 9.17) is 86.7 Å². The molecule has 0 spiro atoms. The Morgan fingerprint density at radius 3 is 0.957 bits per heavy atom. The van der Waals surface area contributed by atoms with Crippen LogP contribution < -0.4 is 17.1 Å². The number of nitrogens with zero attached hydrogens (tertiary/aromatic N) is 3. The van der Waals surface area contributed by atoms with Crippen LogP contribution in [0.3, 0.4) is 0 Å². The van der Waals surface area contributed by atoms with Gasteiger partial charge in [-0.05, 0) is 206 Å². The first-order valence-corrected chi connectivity index (χ1v) is 87.9. The zero-order chi connectivity index (χ0) is 110. The van der Waals surface area contributed by atoms with Gasteiger partial charge in [0.05, 0.1) is 26.4 Å². The van der Waals surface area contributed by atoms with Gasteiger partial charge in [-0.15, -0.1) is 72.4 Å². The van der Waals surface area contributed by atoms with Gasteiger partial charge in [0.1, 0.15) is 12.5 Å². The van der Waals surface area contributed by atoms with Crippen LogP contribution in [0.15, 0.2) is 152 Å². The Morgan fingerprint density at radius 1 is 0.284 bits per heavy atom. The van der Waals surface area contributed by atoms with Gasteiger partial charge in [0, 0.05) is 71.9 Å². The average Bonchev–Trinajstić information content (AvgIpc) is 0.775. The number of esters is 2. The first-order valence-electron chi connectivity index (χ1n) is 51.5. The Labute approximate surface area is 875 Å². The first-order chi connectivity index (χ1) is 65.8. The summed E-state index contributed by atoms with van der Waals surface area (Å²) in [5.41, 5.74) is 4.36. The molecule has 1 aromatic rings. The number of carbonyl (C=O) groups is 2. The van der Waals surface area contributed by atoms with E-state index in [1.54, 1.807) is 76.6 Å². The van der Waals surface area contributed by atoms with E-state index >= 15 is 0 Å². The van der Waals surface area contributed by atoms with Crippen molar-refractivity contribution in [3.8, 4) is 0 Å². The highest BCUT2D eigenvalue weighted by Crippen LogP contribution is 2.33. The van der Waals surface area contributed by atoms with Crippen molar-refractivity contribution >= 4 is 131 Å². The molecule has 826 valence electrons. The van der Waals surface area contributed by atoms with Crippen molar-refractivity contribution in [2.24, 2.45) is 0 Å². The summed E-state index contributed by atoms with van der Waals surface area (Å²) < 4.78 is 126. The van der Waals surface area contributed by atoms with E-state index < -0.39 is 148 Å². The molecule has 0 aliphatic heterocycles. The van der Waals surface area contributed by atoms with Crippen molar-refractivity contribution in [3.63, 3.8) is 0 Å². The third-order valence-electron chi connectivity index (χ3n) is 22.1. The third kappa shape index (κ3) is 68.3. The van der Waals surface area contributed by atoms with Crippen LogP contribution in [-0.2, 0) is 116 Å². The van der Waals surface area contributed by atoms with Crippen molar-refractivity contribution in [1.82, 2.24) is 13.7 Å². The molecule has 0 fully saturated rings. The van der Waals surface area contributed by atoms with Crippen LogP contribution in [0.4, 0.5) is 0 Å². The molecule has 0 saturated carbocycles. The van der Waals surface area contributed by atoms with Crippen molar-refractivity contribution < 1.29 is 96.2 Å². The largest absolute Gasteiger partial charge is 0.460 e. The summed E-state index contributed by atoms with van der Waals surface area (Å²) in [4.78, 5) is 64.0. The van der Waals surface area contributed by atoms with Crippen LogP contribution in [0.5, 0.6) is 0 Å². The molecular formula is C99H209N3O25Si14. The molecular weight excluding hydrogens is 2020 g/mol. The highest BCUT2D eigenvalue weighted by Gasteiger charge is 2.51. The Kier molecular flexibility index (Phi) is 84.0. The normalized spacial score (nSPS) is 16.2. The van der Waals surface area contributed by atoms with Gasteiger partial charge in [-0.25, -0.2) is 37.7 Å². The Balaban J connectivity index is -0.000000413. The molecule has 0 amide bonds. The summed E-state index contributed by atoms with van der Waals surface area (Å²) in [6.45, 7) is 110. The Hall–Kier alpha value is -3.19. The minimum Gasteiger partial charge on any atom is -0.460 e. The van der Waals surface area contributed by atoms with E-state index in [1.165, 1.54) is 52.2 Å². The summed E-state index contributed by atoms with van der Waals surface area (Å²) in [5.74, 6) is -0.835. The van der Waals surface area contributed by atoms with Crippen LogP contribution in [0.25, 0.3) is 0 Å². The lowest BCUT2D eigenvalue weighted by molar-refractivity contribution is -0.138. The molecule has 0 aromatic carbocycles. The second-order valence-electron chi connectivity index (χ2n) is 38.6. The van der Waals surface area contributed by atoms with E-state index in [-0.39, 0.29) is 32.1 Å². The molecule has 0 radical (unpaired) electrons.